The second kappa shape index (κ2) is 5.83. The maximum atomic E-state index is 12.1. The van der Waals surface area contributed by atoms with Gasteiger partial charge in [0.25, 0.3) is 0 Å². The van der Waals surface area contributed by atoms with E-state index in [0.29, 0.717) is 12.6 Å². The van der Waals surface area contributed by atoms with E-state index in [1.54, 1.807) is 0 Å². The van der Waals surface area contributed by atoms with Crippen molar-refractivity contribution in [2.24, 2.45) is 0 Å². The molecule has 1 amide bonds. The van der Waals surface area contributed by atoms with Crippen molar-refractivity contribution in [3.63, 3.8) is 0 Å². The lowest BCUT2D eigenvalue weighted by molar-refractivity contribution is -0.126. The van der Waals surface area contributed by atoms with E-state index in [1.165, 1.54) is 5.56 Å². The highest BCUT2D eigenvalue weighted by molar-refractivity contribution is 5.90. The summed E-state index contributed by atoms with van der Waals surface area (Å²) in [4.78, 5) is 14.3. The fourth-order valence-electron chi connectivity index (χ4n) is 2.56. The minimum Gasteiger partial charge on any atom is -0.355 e. The van der Waals surface area contributed by atoms with Gasteiger partial charge in [-0.1, -0.05) is 32.0 Å². The number of para-hydroxylation sites is 1. The van der Waals surface area contributed by atoms with E-state index in [2.05, 4.69) is 47.6 Å². The van der Waals surface area contributed by atoms with Gasteiger partial charge in [-0.15, -0.1) is 0 Å². The Kier molecular flexibility index (Phi) is 4.33. The Morgan fingerprint density at radius 3 is 2.75 bits per heavy atom. The van der Waals surface area contributed by atoms with Crippen LogP contribution in [-0.2, 0) is 11.3 Å². The summed E-state index contributed by atoms with van der Waals surface area (Å²) >= 11 is 0. The van der Waals surface area contributed by atoms with Crippen molar-refractivity contribution in [2.45, 2.75) is 45.8 Å². The molecule has 1 aromatic carbocycles. The normalized spacial score (nSPS) is 18.2. The van der Waals surface area contributed by atoms with Crippen LogP contribution in [0.5, 0.6) is 0 Å². The molecule has 0 saturated carbocycles. The Morgan fingerprint density at radius 2 is 2.05 bits per heavy atom. The van der Waals surface area contributed by atoms with Crippen molar-refractivity contribution < 1.29 is 4.79 Å². The second-order valence-electron chi connectivity index (χ2n) is 6.13. The molecule has 0 aliphatic carbocycles. The molecule has 1 aliphatic rings. The summed E-state index contributed by atoms with van der Waals surface area (Å²) < 4.78 is 0. The summed E-state index contributed by atoms with van der Waals surface area (Å²) in [6.07, 6.45) is 0. The highest BCUT2D eigenvalue weighted by Gasteiger charge is 2.38. The molecule has 0 radical (unpaired) electrons. The molecule has 0 atom stereocenters. The van der Waals surface area contributed by atoms with Crippen LogP contribution in [0, 0.1) is 0 Å². The molecule has 0 unspecified atom stereocenters. The smallest absolute Gasteiger partial charge is 0.245 e. The molecule has 2 rings (SSSR count). The predicted molar refractivity (Wildman–Crippen MR) is 82.9 cm³/mol. The van der Waals surface area contributed by atoms with Crippen LogP contribution in [0.2, 0.25) is 0 Å². The van der Waals surface area contributed by atoms with Gasteiger partial charge in [-0.05, 0) is 25.5 Å². The van der Waals surface area contributed by atoms with Gasteiger partial charge < -0.3 is 15.5 Å². The molecule has 0 aromatic heterocycles. The van der Waals surface area contributed by atoms with Gasteiger partial charge in [-0.25, -0.2) is 0 Å². The first kappa shape index (κ1) is 14.9. The van der Waals surface area contributed by atoms with E-state index in [4.69, 9.17) is 0 Å². The van der Waals surface area contributed by atoms with Crippen molar-refractivity contribution in [3.05, 3.63) is 29.8 Å². The summed E-state index contributed by atoms with van der Waals surface area (Å²) in [5.74, 6) is 0.0929. The standard InChI is InChI=1S/C16H25N3O/c1-12(2)18-11-13-7-5-6-8-14(13)19-10-9-17-15(20)16(19,3)4/h5-8,12,18H,9-11H2,1-4H3,(H,17,20). The monoisotopic (exact) mass is 275 g/mol. The summed E-state index contributed by atoms with van der Waals surface area (Å²) in [6.45, 7) is 10.6. The molecule has 0 spiro atoms. The first-order valence-electron chi connectivity index (χ1n) is 7.30. The SMILES string of the molecule is CC(C)NCc1ccccc1N1CCNC(=O)C1(C)C. The quantitative estimate of drug-likeness (QED) is 0.882. The number of nitrogens with zero attached hydrogens (tertiary/aromatic N) is 1. The summed E-state index contributed by atoms with van der Waals surface area (Å²) in [7, 11) is 0. The fourth-order valence-corrected chi connectivity index (χ4v) is 2.56. The summed E-state index contributed by atoms with van der Waals surface area (Å²) in [5.41, 5.74) is 1.89. The van der Waals surface area contributed by atoms with Crippen molar-refractivity contribution in [3.8, 4) is 0 Å². The zero-order valence-electron chi connectivity index (χ0n) is 12.9. The number of rotatable bonds is 4. The van der Waals surface area contributed by atoms with E-state index in [9.17, 15) is 4.79 Å². The van der Waals surface area contributed by atoms with Crippen LogP contribution in [0.4, 0.5) is 5.69 Å². The van der Waals surface area contributed by atoms with Gasteiger partial charge in [-0.2, -0.15) is 0 Å². The Labute approximate surface area is 121 Å². The molecule has 1 fully saturated rings. The van der Waals surface area contributed by atoms with Crippen molar-refractivity contribution in [2.75, 3.05) is 18.0 Å². The van der Waals surface area contributed by atoms with Crippen molar-refractivity contribution in [1.29, 1.82) is 0 Å². The Morgan fingerprint density at radius 1 is 1.35 bits per heavy atom. The van der Waals surface area contributed by atoms with Gasteiger partial charge in [0, 0.05) is 31.4 Å². The molecule has 1 saturated heterocycles. The van der Waals surface area contributed by atoms with Crippen LogP contribution >= 0.6 is 0 Å². The third-order valence-corrected chi connectivity index (χ3v) is 3.83. The molecule has 1 aliphatic heterocycles. The van der Waals surface area contributed by atoms with E-state index >= 15 is 0 Å². The fraction of sp³-hybridized carbons (Fsp3) is 0.562. The zero-order chi connectivity index (χ0) is 14.8. The number of carbonyl (C=O) groups is 1. The average Bonchev–Trinajstić information content (AvgIpc) is 2.40. The number of hydrogen-bond donors (Lipinski definition) is 2. The van der Waals surface area contributed by atoms with Gasteiger partial charge >= 0.3 is 0 Å². The van der Waals surface area contributed by atoms with Crippen molar-refractivity contribution in [1.82, 2.24) is 10.6 Å². The Bertz CT molecular complexity index is 482. The number of hydrogen-bond acceptors (Lipinski definition) is 3. The average molecular weight is 275 g/mol. The lowest BCUT2D eigenvalue weighted by Gasteiger charge is -2.43. The first-order chi connectivity index (χ1) is 9.43. The van der Waals surface area contributed by atoms with E-state index in [0.717, 1.165) is 18.8 Å². The molecule has 20 heavy (non-hydrogen) atoms. The lowest BCUT2D eigenvalue weighted by atomic mass is 9.96. The van der Waals surface area contributed by atoms with Crippen LogP contribution < -0.4 is 15.5 Å². The molecule has 4 nitrogen and oxygen atoms in total. The summed E-state index contributed by atoms with van der Waals surface area (Å²) in [5, 5.41) is 6.40. The number of carbonyl (C=O) groups excluding carboxylic acids is 1. The number of nitrogens with one attached hydrogen (secondary N) is 2. The van der Waals surface area contributed by atoms with E-state index < -0.39 is 5.54 Å². The van der Waals surface area contributed by atoms with Crippen LogP contribution in [-0.4, -0.2) is 30.6 Å². The molecule has 1 aromatic rings. The lowest BCUT2D eigenvalue weighted by Crippen LogP contribution is -2.62. The van der Waals surface area contributed by atoms with Crippen LogP contribution in [0.25, 0.3) is 0 Å². The first-order valence-corrected chi connectivity index (χ1v) is 7.30. The zero-order valence-corrected chi connectivity index (χ0v) is 12.9. The largest absolute Gasteiger partial charge is 0.355 e. The van der Waals surface area contributed by atoms with Crippen molar-refractivity contribution >= 4 is 11.6 Å². The number of anilines is 1. The third kappa shape index (κ3) is 2.96. The highest BCUT2D eigenvalue weighted by Crippen LogP contribution is 2.29. The van der Waals surface area contributed by atoms with Gasteiger partial charge in [0.15, 0.2) is 0 Å². The second-order valence-corrected chi connectivity index (χ2v) is 6.13. The van der Waals surface area contributed by atoms with E-state index in [1.807, 2.05) is 19.9 Å². The van der Waals surface area contributed by atoms with Crippen LogP contribution in [0.3, 0.4) is 0 Å². The maximum Gasteiger partial charge on any atom is 0.245 e. The summed E-state index contributed by atoms with van der Waals surface area (Å²) in [6, 6.07) is 8.78. The van der Waals surface area contributed by atoms with Gasteiger partial charge in [0.05, 0.1) is 0 Å². The number of amides is 1. The molecular formula is C16H25N3O. The maximum absolute atomic E-state index is 12.1. The van der Waals surface area contributed by atoms with Crippen LogP contribution in [0.1, 0.15) is 33.3 Å². The molecule has 1 heterocycles. The van der Waals surface area contributed by atoms with E-state index in [-0.39, 0.29) is 5.91 Å². The van der Waals surface area contributed by atoms with Crippen LogP contribution in [0.15, 0.2) is 24.3 Å². The topological polar surface area (TPSA) is 44.4 Å². The third-order valence-electron chi connectivity index (χ3n) is 3.83. The minimum atomic E-state index is -0.508. The molecule has 2 N–H and O–H groups in total. The number of benzene rings is 1. The van der Waals surface area contributed by atoms with Gasteiger partial charge in [-0.3, -0.25) is 4.79 Å². The Balaban J connectivity index is 2.29. The molecular weight excluding hydrogens is 250 g/mol. The predicted octanol–water partition coefficient (Wildman–Crippen LogP) is 1.90. The minimum absolute atomic E-state index is 0.0929. The van der Waals surface area contributed by atoms with Gasteiger partial charge in [0.1, 0.15) is 5.54 Å². The van der Waals surface area contributed by atoms with Gasteiger partial charge in [0.2, 0.25) is 5.91 Å². The molecule has 0 bridgehead atoms. The Hall–Kier alpha value is -1.55. The molecule has 110 valence electrons. The number of piperazine rings is 1. The molecule has 4 heteroatoms. The highest BCUT2D eigenvalue weighted by atomic mass is 16.2.